The third-order valence-corrected chi connectivity index (χ3v) is 5.48. The second-order valence-corrected chi connectivity index (χ2v) is 7.56. The van der Waals surface area contributed by atoms with Gasteiger partial charge in [0.25, 0.3) is 10.0 Å². The molecule has 0 spiro atoms. The predicted octanol–water partition coefficient (Wildman–Crippen LogP) is 4.29. The summed E-state index contributed by atoms with van der Waals surface area (Å²) in [6.07, 6.45) is 1.50. The van der Waals surface area contributed by atoms with E-state index in [0.717, 1.165) is 11.3 Å². The number of aryl methyl sites for hydroxylation is 1. The summed E-state index contributed by atoms with van der Waals surface area (Å²) in [5, 5.41) is 0.505. The van der Waals surface area contributed by atoms with Crippen molar-refractivity contribution in [3.63, 3.8) is 0 Å². The van der Waals surface area contributed by atoms with Crippen molar-refractivity contribution in [3.8, 4) is 5.69 Å². The fourth-order valence-electron chi connectivity index (χ4n) is 2.18. The van der Waals surface area contributed by atoms with Crippen LogP contribution in [0, 0.1) is 6.92 Å². The first-order valence-electron chi connectivity index (χ1n) is 6.95. The second kappa shape index (κ2) is 6.47. The molecule has 3 aromatic rings. The molecule has 1 aromatic heterocycles. The van der Waals surface area contributed by atoms with Gasteiger partial charge in [0, 0.05) is 11.4 Å². The molecule has 1 N–H and O–H groups in total. The van der Waals surface area contributed by atoms with Crippen molar-refractivity contribution in [1.82, 2.24) is 9.55 Å². The maximum atomic E-state index is 12.4. The Balaban J connectivity index is 1.85. The van der Waals surface area contributed by atoms with Gasteiger partial charge in [-0.25, -0.2) is 13.4 Å². The number of nitrogens with one attached hydrogen (secondary N) is 1. The molecule has 5 nitrogen and oxygen atoms in total. The van der Waals surface area contributed by atoms with E-state index in [-0.39, 0.29) is 10.0 Å². The van der Waals surface area contributed by atoms with Crippen LogP contribution in [0.3, 0.4) is 0 Å². The number of sulfonamides is 1. The number of benzene rings is 2. The van der Waals surface area contributed by atoms with Crippen molar-refractivity contribution in [3.05, 3.63) is 70.7 Å². The molecule has 24 heavy (non-hydrogen) atoms. The van der Waals surface area contributed by atoms with Gasteiger partial charge in [0.2, 0.25) is 0 Å². The van der Waals surface area contributed by atoms with Crippen LogP contribution in [-0.4, -0.2) is 18.0 Å². The predicted molar refractivity (Wildman–Crippen MR) is 95.6 cm³/mol. The summed E-state index contributed by atoms with van der Waals surface area (Å²) >= 11 is 11.9. The molecule has 0 radical (unpaired) electrons. The van der Waals surface area contributed by atoms with Crippen molar-refractivity contribution < 1.29 is 8.42 Å². The van der Waals surface area contributed by atoms with Gasteiger partial charge in [0.05, 0.1) is 4.90 Å². The van der Waals surface area contributed by atoms with Gasteiger partial charge in [-0.3, -0.25) is 9.29 Å². The summed E-state index contributed by atoms with van der Waals surface area (Å²) in [4.78, 5) is 4.13. The largest absolute Gasteiger partial charge is 0.288 e. The van der Waals surface area contributed by atoms with E-state index in [9.17, 15) is 8.42 Å². The second-order valence-electron chi connectivity index (χ2n) is 5.17. The van der Waals surface area contributed by atoms with Crippen LogP contribution in [0.1, 0.15) is 5.56 Å². The molecule has 0 saturated carbocycles. The summed E-state index contributed by atoms with van der Waals surface area (Å²) in [7, 11) is -3.63. The Morgan fingerprint density at radius 1 is 1.08 bits per heavy atom. The first-order valence-corrected chi connectivity index (χ1v) is 9.19. The lowest BCUT2D eigenvalue weighted by molar-refractivity contribution is 0.601. The maximum absolute atomic E-state index is 12.4. The summed E-state index contributed by atoms with van der Waals surface area (Å²) in [6.45, 7) is 1.84. The highest BCUT2D eigenvalue weighted by atomic mass is 35.5. The maximum Gasteiger partial charge on any atom is 0.261 e. The van der Waals surface area contributed by atoms with Crippen LogP contribution in [0.2, 0.25) is 10.3 Å². The SMILES string of the molecule is Cc1cccc(S(=O)(=O)Nc2ccc(-n3cnc(Cl)c3Cl)cc2)c1. The third kappa shape index (κ3) is 3.40. The van der Waals surface area contributed by atoms with Crippen molar-refractivity contribution in [2.45, 2.75) is 11.8 Å². The van der Waals surface area contributed by atoms with Crippen LogP contribution in [-0.2, 0) is 10.0 Å². The molecule has 124 valence electrons. The standard InChI is InChI=1S/C16H13Cl2N3O2S/c1-11-3-2-4-14(9-11)24(22,23)20-12-5-7-13(8-6-12)21-10-19-15(17)16(21)18/h2-10,20H,1H3. The van der Waals surface area contributed by atoms with Crippen molar-refractivity contribution in [2.75, 3.05) is 4.72 Å². The number of nitrogens with zero attached hydrogens (tertiary/aromatic N) is 2. The molecule has 0 saturated heterocycles. The van der Waals surface area contributed by atoms with Gasteiger partial charge in [-0.05, 0) is 48.9 Å². The minimum Gasteiger partial charge on any atom is -0.288 e. The van der Waals surface area contributed by atoms with Crippen LogP contribution in [0.15, 0.2) is 59.8 Å². The molecule has 8 heteroatoms. The first kappa shape index (κ1) is 16.8. The van der Waals surface area contributed by atoms with E-state index in [0.29, 0.717) is 10.8 Å². The van der Waals surface area contributed by atoms with Crippen LogP contribution in [0.5, 0.6) is 0 Å². The molecule has 0 fully saturated rings. The fraction of sp³-hybridized carbons (Fsp3) is 0.0625. The Morgan fingerprint density at radius 2 is 1.79 bits per heavy atom. The number of hydrogen-bond acceptors (Lipinski definition) is 3. The monoisotopic (exact) mass is 381 g/mol. The fourth-order valence-corrected chi connectivity index (χ4v) is 3.67. The highest BCUT2D eigenvalue weighted by Gasteiger charge is 2.14. The lowest BCUT2D eigenvalue weighted by Gasteiger charge is -2.10. The van der Waals surface area contributed by atoms with Gasteiger partial charge in [0.15, 0.2) is 10.3 Å². The molecule has 1 heterocycles. The normalized spacial score (nSPS) is 11.5. The van der Waals surface area contributed by atoms with E-state index < -0.39 is 10.0 Å². The third-order valence-electron chi connectivity index (χ3n) is 3.37. The number of hydrogen-bond donors (Lipinski definition) is 1. The average molecular weight is 382 g/mol. The molecule has 0 aliphatic rings. The Morgan fingerprint density at radius 3 is 2.38 bits per heavy atom. The quantitative estimate of drug-likeness (QED) is 0.732. The van der Waals surface area contributed by atoms with E-state index in [2.05, 4.69) is 9.71 Å². The lowest BCUT2D eigenvalue weighted by Crippen LogP contribution is -2.13. The molecule has 3 rings (SSSR count). The van der Waals surface area contributed by atoms with Crippen molar-refractivity contribution in [2.24, 2.45) is 0 Å². The number of halogens is 2. The summed E-state index contributed by atoms with van der Waals surface area (Å²) in [6, 6.07) is 13.4. The van der Waals surface area contributed by atoms with Gasteiger partial charge in [-0.2, -0.15) is 0 Å². The van der Waals surface area contributed by atoms with Crippen molar-refractivity contribution in [1.29, 1.82) is 0 Å². The Kier molecular flexibility index (Phi) is 4.54. The zero-order chi connectivity index (χ0) is 17.3. The molecule has 0 unspecified atom stereocenters. The van der Waals surface area contributed by atoms with E-state index in [4.69, 9.17) is 23.2 Å². The molecular formula is C16H13Cl2N3O2S. The summed E-state index contributed by atoms with van der Waals surface area (Å²) < 4.78 is 29.0. The van der Waals surface area contributed by atoms with E-state index in [1.165, 1.54) is 6.33 Å². The summed E-state index contributed by atoms with van der Waals surface area (Å²) in [5.74, 6) is 0. The van der Waals surface area contributed by atoms with Crippen molar-refractivity contribution >= 4 is 38.9 Å². The lowest BCUT2D eigenvalue weighted by atomic mass is 10.2. The van der Waals surface area contributed by atoms with E-state index >= 15 is 0 Å². The van der Waals surface area contributed by atoms with E-state index in [1.54, 1.807) is 47.0 Å². The Labute approximate surface area is 149 Å². The van der Waals surface area contributed by atoms with Gasteiger partial charge < -0.3 is 0 Å². The zero-order valence-electron chi connectivity index (χ0n) is 12.6. The number of anilines is 1. The Hall–Kier alpha value is -2.02. The number of imidazole rings is 1. The molecule has 0 atom stereocenters. The molecule has 0 bridgehead atoms. The number of aromatic nitrogens is 2. The average Bonchev–Trinajstić information content (AvgIpc) is 2.88. The van der Waals surface area contributed by atoms with E-state index in [1.807, 2.05) is 13.0 Å². The molecular weight excluding hydrogens is 369 g/mol. The smallest absolute Gasteiger partial charge is 0.261 e. The van der Waals surface area contributed by atoms with Crippen LogP contribution < -0.4 is 4.72 Å². The van der Waals surface area contributed by atoms with Crippen LogP contribution >= 0.6 is 23.2 Å². The molecule has 0 aliphatic heterocycles. The number of rotatable bonds is 4. The Bertz CT molecular complexity index is 983. The minimum absolute atomic E-state index is 0.209. The molecule has 2 aromatic carbocycles. The zero-order valence-corrected chi connectivity index (χ0v) is 14.9. The molecule has 0 aliphatic carbocycles. The van der Waals surface area contributed by atoms with Crippen LogP contribution in [0.4, 0.5) is 5.69 Å². The van der Waals surface area contributed by atoms with Crippen LogP contribution in [0.25, 0.3) is 5.69 Å². The highest BCUT2D eigenvalue weighted by molar-refractivity contribution is 7.92. The highest BCUT2D eigenvalue weighted by Crippen LogP contribution is 2.25. The van der Waals surface area contributed by atoms with Gasteiger partial charge in [-0.15, -0.1) is 0 Å². The first-order chi connectivity index (χ1) is 11.4. The van der Waals surface area contributed by atoms with Gasteiger partial charge >= 0.3 is 0 Å². The topological polar surface area (TPSA) is 64.0 Å². The van der Waals surface area contributed by atoms with Gasteiger partial charge in [-0.1, -0.05) is 35.3 Å². The minimum atomic E-state index is -3.63. The summed E-state index contributed by atoms with van der Waals surface area (Å²) in [5.41, 5.74) is 2.04. The molecule has 0 amide bonds. The van der Waals surface area contributed by atoms with Gasteiger partial charge in [0.1, 0.15) is 6.33 Å².